The number of hydrogen-bond donors (Lipinski definition) is 1. The topological polar surface area (TPSA) is 55.6 Å². The van der Waals surface area contributed by atoms with Crippen LogP contribution in [-0.4, -0.2) is 42.6 Å². The van der Waals surface area contributed by atoms with E-state index in [4.69, 9.17) is 10.5 Å². The van der Waals surface area contributed by atoms with Crippen LogP contribution < -0.4 is 5.73 Å². The van der Waals surface area contributed by atoms with Gasteiger partial charge in [-0.1, -0.05) is 12.1 Å². The summed E-state index contributed by atoms with van der Waals surface area (Å²) >= 11 is 3.49. The standard InChI is InChI=1S/C14H19BrN2O2/c1-9-4-3-5-11(13(9)15)14(18)17-6-7-19-12(8-17)10(2)16/h3-5,10,12H,6-8,16H2,1-2H3. The van der Waals surface area contributed by atoms with Crippen molar-refractivity contribution in [2.24, 2.45) is 5.73 Å². The molecule has 1 aliphatic heterocycles. The third kappa shape index (κ3) is 3.16. The maximum absolute atomic E-state index is 12.5. The normalized spacial score (nSPS) is 21.3. The second-order valence-corrected chi connectivity index (χ2v) is 5.75. The first-order valence-electron chi connectivity index (χ1n) is 6.42. The molecular formula is C14H19BrN2O2. The molecule has 5 heteroatoms. The molecule has 0 aromatic heterocycles. The van der Waals surface area contributed by atoms with Crippen LogP contribution in [-0.2, 0) is 4.74 Å². The Kier molecular flexibility index (Phi) is 4.60. The van der Waals surface area contributed by atoms with Crippen molar-refractivity contribution in [3.05, 3.63) is 33.8 Å². The molecule has 19 heavy (non-hydrogen) atoms. The summed E-state index contributed by atoms with van der Waals surface area (Å²) in [5.41, 5.74) is 7.61. The summed E-state index contributed by atoms with van der Waals surface area (Å²) in [6.07, 6.45) is -0.0821. The fourth-order valence-corrected chi connectivity index (χ4v) is 2.59. The zero-order valence-corrected chi connectivity index (χ0v) is 12.8. The first kappa shape index (κ1) is 14.5. The Morgan fingerprint density at radius 1 is 1.58 bits per heavy atom. The molecule has 2 rings (SSSR count). The van der Waals surface area contributed by atoms with E-state index >= 15 is 0 Å². The molecule has 1 amide bonds. The van der Waals surface area contributed by atoms with Gasteiger partial charge >= 0.3 is 0 Å². The lowest BCUT2D eigenvalue weighted by Crippen LogP contribution is -2.51. The second kappa shape index (κ2) is 6.03. The summed E-state index contributed by atoms with van der Waals surface area (Å²) in [7, 11) is 0. The minimum Gasteiger partial charge on any atom is -0.373 e. The van der Waals surface area contributed by atoms with Crippen molar-refractivity contribution in [3.8, 4) is 0 Å². The van der Waals surface area contributed by atoms with Crippen molar-refractivity contribution in [2.45, 2.75) is 26.0 Å². The van der Waals surface area contributed by atoms with Crippen LogP contribution in [0.3, 0.4) is 0 Å². The average molecular weight is 327 g/mol. The Morgan fingerprint density at radius 3 is 3.00 bits per heavy atom. The predicted octanol–water partition coefficient (Wildman–Crippen LogP) is 1.95. The van der Waals surface area contributed by atoms with Gasteiger partial charge < -0.3 is 15.4 Å². The number of nitrogens with two attached hydrogens (primary N) is 1. The van der Waals surface area contributed by atoms with Gasteiger partial charge in [-0.25, -0.2) is 0 Å². The number of benzene rings is 1. The fraction of sp³-hybridized carbons (Fsp3) is 0.500. The molecule has 2 N–H and O–H groups in total. The highest BCUT2D eigenvalue weighted by Gasteiger charge is 2.28. The van der Waals surface area contributed by atoms with Crippen molar-refractivity contribution in [2.75, 3.05) is 19.7 Å². The smallest absolute Gasteiger partial charge is 0.255 e. The van der Waals surface area contributed by atoms with Crippen LogP contribution in [0.5, 0.6) is 0 Å². The third-order valence-corrected chi connectivity index (χ3v) is 4.44. The van der Waals surface area contributed by atoms with Crippen LogP contribution in [0.4, 0.5) is 0 Å². The maximum Gasteiger partial charge on any atom is 0.255 e. The number of aryl methyl sites for hydroxylation is 1. The lowest BCUT2D eigenvalue weighted by atomic mass is 10.1. The molecule has 1 fully saturated rings. The van der Waals surface area contributed by atoms with Crippen LogP contribution >= 0.6 is 15.9 Å². The Hall–Kier alpha value is -0.910. The van der Waals surface area contributed by atoms with E-state index in [9.17, 15) is 4.79 Å². The molecule has 0 bridgehead atoms. The first-order chi connectivity index (χ1) is 9.00. The minimum atomic E-state index is -0.0821. The van der Waals surface area contributed by atoms with Crippen LogP contribution in [0.15, 0.2) is 22.7 Å². The van der Waals surface area contributed by atoms with Gasteiger partial charge in [0, 0.05) is 23.6 Å². The SMILES string of the molecule is Cc1cccc(C(=O)N2CCOC(C(C)N)C2)c1Br. The molecule has 0 aliphatic carbocycles. The quantitative estimate of drug-likeness (QED) is 0.903. The van der Waals surface area contributed by atoms with Crippen molar-refractivity contribution in [3.63, 3.8) is 0 Å². The van der Waals surface area contributed by atoms with E-state index in [1.165, 1.54) is 0 Å². The van der Waals surface area contributed by atoms with Gasteiger partial charge in [-0.05, 0) is 41.4 Å². The number of carbonyl (C=O) groups is 1. The number of ether oxygens (including phenoxy) is 1. The van der Waals surface area contributed by atoms with Crippen molar-refractivity contribution in [1.82, 2.24) is 4.90 Å². The van der Waals surface area contributed by atoms with E-state index in [0.717, 1.165) is 10.0 Å². The molecule has 1 heterocycles. The van der Waals surface area contributed by atoms with E-state index < -0.39 is 0 Å². The number of halogens is 1. The van der Waals surface area contributed by atoms with Crippen molar-refractivity contribution >= 4 is 21.8 Å². The van der Waals surface area contributed by atoms with Gasteiger partial charge in [-0.3, -0.25) is 4.79 Å². The monoisotopic (exact) mass is 326 g/mol. The summed E-state index contributed by atoms with van der Waals surface area (Å²) in [6.45, 7) is 5.59. The highest BCUT2D eigenvalue weighted by molar-refractivity contribution is 9.10. The lowest BCUT2D eigenvalue weighted by molar-refractivity contribution is -0.0300. The lowest BCUT2D eigenvalue weighted by Gasteiger charge is -2.35. The zero-order valence-electron chi connectivity index (χ0n) is 11.2. The van der Waals surface area contributed by atoms with E-state index in [-0.39, 0.29) is 18.1 Å². The summed E-state index contributed by atoms with van der Waals surface area (Å²) in [5.74, 6) is 0.0320. The summed E-state index contributed by atoms with van der Waals surface area (Å²) in [4.78, 5) is 14.4. The Labute approximate surface area is 122 Å². The molecular weight excluding hydrogens is 308 g/mol. The van der Waals surface area contributed by atoms with Gasteiger partial charge in [-0.2, -0.15) is 0 Å². The Balaban J connectivity index is 2.17. The van der Waals surface area contributed by atoms with E-state index in [1.54, 1.807) is 0 Å². The third-order valence-electron chi connectivity index (χ3n) is 3.39. The maximum atomic E-state index is 12.5. The van der Waals surface area contributed by atoms with Gasteiger partial charge in [0.15, 0.2) is 0 Å². The van der Waals surface area contributed by atoms with Gasteiger partial charge in [0.1, 0.15) is 0 Å². The molecule has 2 unspecified atom stereocenters. The van der Waals surface area contributed by atoms with Gasteiger partial charge in [0.25, 0.3) is 5.91 Å². The van der Waals surface area contributed by atoms with Gasteiger partial charge in [0.05, 0.1) is 18.3 Å². The van der Waals surface area contributed by atoms with Crippen LogP contribution in [0.2, 0.25) is 0 Å². The predicted molar refractivity (Wildman–Crippen MR) is 78.2 cm³/mol. The highest BCUT2D eigenvalue weighted by Crippen LogP contribution is 2.23. The first-order valence-corrected chi connectivity index (χ1v) is 7.21. The number of rotatable bonds is 2. The minimum absolute atomic E-state index is 0.0320. The number of amides is 1. The molecule has 1 aliphatic rings. The number of nitrogens with zero attached hydrogens (tertiary/aromatic N) is 1. The fourth-order valence-electron chi connectivity index (χ4n) is 2.16. The Bertz CT molecular complexity index is 477. The molecule has 2 atom stereocenters. The van der Waals surface area contributed by atoms with Crippen LogP contribution in [0, 0.1) is 6.92 Å². The Morgan fingerprint density at radius 2 is 2.32 bits per heavy atom. The van der Waals surface area contributed by atoms with Gasteiger partial charge in [0.2, 0.25) is 0 Å². The molecule has 4 nitrogen and oxygen atoms in total. The second-order valence-electron chi connectivity index (χ2n) is 4.96. The largest absolute Gasteiger partial charge is 0.373 e. The zero-order chi connectivity index (χ0) is 14.0. The summed E-state index contributed by atoms with van der Waals surface area (Å²) in [5, 5.41) is 0. The molecule has 104 valence electrons. The molecule has 1 aromatic rings. The molecule has 0 spiro atoms. The van der Waals surface area contributed by atoms with Crippen LogP contribution in [0.25, 0.3) is 0 Å². The number of carbonyl (C=O) groups excluding carboxylic acids is 1. The van der Waals surface area contributed by atoms with E-state index in [2.05, 4.69) is 15.9 Å². The summed E-state index contributed by atoms with van der Waals surface area (Å²) in [6, 6.07) is 5.65. The number of hydrogen-bond acceptors (Lipinski definition) is 3. The molecule has 1 aromatic carbocycles. The van der Waals surface area contributed by atoms with Crippen molar-refractivity contribution < 1.29 is 9.53 Å². The summed E-state index contributed by atoms with van der Waals surface area (Å²) < 4.78 is 6.44. The van der Waals surface area contributed by atoms with E-state index in [0.29, 0.717) is 25.3 Å². The van der Waals surface area contributed by atoms with Gasteiger partial charge in [-0.15, -0.1) is 0 Å². The molecule has 1 saturated heterocycles. The van der Waals surface area contributed by atoms with E-state index in [1.807, 2.05) is 36.9 Å². The highest BCUT2D eigenvalue weighted by atomic mass is 79.9. The van der Waals surface area contributed by atoms with Crippen LogP contribution in [0.1, 0.15) is 22.8 Å². The number of morpholine rings is 1. The van der Waals surface area contributed by atoms with Crippen molar-refractivity contribution in [1.29, 1.82) is 0 Å². The molecule has 0 radical (unpaired) electrons. The average Bonchev–Trinajstić information content (AvgIpc) is 2.41. The molecule has 0 saturated carbocycles.